The van der Waals surface area contributed by atoms with Crippen molar-refractivity contribution in [2.75, 3.05) is 7.11 Å². The molecule has 0 radical (unpaired) electrons. The molecule has 2 unspecified atom stereocenters. The fourth-order valence-electron chi connectivity index (χ4n) is 1.70. The zero-order chi connectivity index (χ0) is 12.1. The highest BCUT2D eigenvalue weighted by Gasteiger charge is 2.17. The molecule has 1 aromatic rings. The number of rotatable bonds is 5. The molecule has 0 aromatic heterocycles. The van der Waals surface area contributed by atoms with E-state index in [2.05, 4.69) is 41.3 Å². The zero-order valence-corrected chi connectivity index (χ0v) is 11.5. The second-order valence-corrected chi connectivity index (χ2v) is 4.78. The van der Waals surface area contributed by atoms with Crippen LogP contribution in [0.25, 0.3) is 0 Å². The van der Waals surface area contributed by atoms with E-state index in [4.69, 9.17) is 10.6 Å². The van der Waals surface area contributed by atoms with Gasteiger partial charge in [0.05, 0.1) is 11.6 Å². The topological polar surface area (TPSA) is 47.3 Å². The Bertz CT molecular complexity index is 344. The number of hydrogen-bond acceptors (Lipinski definition) is 3. The van der Waals surface area contributed by atoms with E-state index in [0.717, 1.165) is 16.6 Å². The zero-order valence-electron chi connectivity index (χ0n) is 9.96. The molecule has 0 aliphatic carbocycles. The monoisotopic (exact) mass is 286 g/mol. The number of methoxy groups -OCH3 is 1. The number of hydrogen-bond donors (Lipinski definition) is 2. The number of nitrogens with one attached hydrogen (secondary N) is 1. The highest BCUT2D eigenvalue weighted by atomic mass is 79.9. The lowest BCUT2D eigenvalue weighted by molar-refractivity contribution is 0.381. The first kappa shape index (κ1) is 13.5. The van der Waals surface area contributed by atoms with Crippen molar-refractivity contribution in [1.29, 1.82) is 0 Å². The molecule has 3 N–H and O–H groups in total. The van der Waals surface area contributed by atoms with Crippen molar-refractivity contribution in [1.82, 2.24) is 5.43 Å². The third kappa shape index (κ3) is 2.97. The molecule has 90 valence electrons. The summed E-state index contributed by atoms with van der Waals surface area (Å²) in [5.74, 6) is 6.93. The van der Waals surface area contributed by atoms with Crippen molar-refractivity contribution in [2.24, 2.45) is 11.8 Å². The van der Waals surface area contributed by atoms with E-state index in [1.54, 1.807) is 7.11 Å². The second kappa shape index (κ2) is 6.23. The summed E-state index contributed by atoms with van der Waals surface area (Å²) in [5.41, 5.74) is 4.04. The van der Waals surface area contributed by atoms with Gasteiger partial charge in [-0.05, 0) is 39.5 Å². The fourth-order valence-corrected chi connectivity index (χ4v) is 2.26. The van der Waals surface area contributed by atoms with E-state index >= 15 is 0 Å². The highest BCUT2D eigenvalue weighted by molar-refractivity contribution is 9.10. The minimum Gasteiger partial charge on any atom is -0.496 e. The number of nitrogens with two attached hydrogens (primary N) is 1. The Labute approximate surface area is 105 Å². The Morgan fingerprint density at radius 1 is 1.50 bits per heavy atom. The largest absolute Gasteiger partial charge is 0.496 e. The summed E-state index contributed by atoms with van der Waals surface area (Å²) in [6.45, 7) is 4.34. The summed E-state index contributed by atoms with van der Waals surface area (Å²) in [5, 5.41) is 0. The van der Waals surface area contributed by atoms with E-state index in [9.17, 15) is 0 Å². The highest BCUT2D eigenvalue weighted by Crippen LogP contribution is 2.31. The average molecular weight is 287 g/mol. The first-order valence-electron chi connectivity index (χ1n) is 5.43. The second-order valence-electron chi connectivity index (χ2n) is 3.92. The minimum absolute atomic E-state index is 0.173. The standard InChI is InChI=1S/C12H19BrN2O/c1-4-8(2)12(15-14)9-5-6-11(16-3)10(13)7-9/h5-8,12,15H,4,14H2,1-3H3. The molecule has 0 bridgehead atoms. The molecule has 0 saturated heterocycles. The van der Waals surface area contributed by atoms with Gasteiger partial charge in [-0.2, -0.15) is 0 Å². The van der Waals surface area contributed by atoms with Crippen LogP contribution >= 0.6 is 15.9 Å². The number of ether oxygens (including phenoxy) is 1. The maximum Gasteiger partial charge on any atom is 0.133 e. The van der Waals surface area contributed by atoms with Crippen molar-refractivity contribution in [3.8, 4) is 5.75 Å². The molecule has 1 rings (SSSR count). The lowest BCUT2D eigenvalue weighted by Crippen LogP contribution is -2.32. The van der Waals surface area contributed by atoms with Crippen LogP contribution in [0.15, 0.2) is 22.7 Å². The van der Waals surface area contributed by atoms with Gasteiger partial charge in [0.25, 0.3) is 0 Å². The molecular weight excluding hydrogens is 268 g/mol. The molecule has 0 heterocycles. The lowest BCUT2D eigenvalue weighted by atomic mass is 9.93. The Hall–Kier alpha value is -0.580. The van der Waals surface area contributed by atoms with Crippen LogP contribution in [0.3, 0.4) is 0 Å². The van der Waals surface area contributed by atoms with Crippen LogP contribution in [-0.4, -0.2) is 7.11 Å². The number of benzene rings is 1. The molecule has 4 heteroatoms. The van der Waals surface area contributed by atoms with Crippen LogP contribution < -0.4 is 16.0 Å². The summed E-state index contributed by atoms with van der Waals surface area (Å²) in [6.07, 6.45) is 1.08. The Kier molecular flexibility index (Phi) is 5.25. The molecule has 3 nitrogen and oxygen atoms in total. The first-order valence-corrected chi connectivity index (χ1v) is 6.22. The molecule has 2 atom stereocenters. The summed E-state index contributed by atoms with van der Waals surface area (Å²) in [6, 6.07) is 6.22. The molecule has 0 amide bonds. The van der Waals surface area contributed by atoms with Crippen LogP contribution in [0.1, 0.15) is 31.9 Å². The van der Waals surface area contributed by atoms with Crippen molar-refractivity contribution in [3.05, 3.63) is 28.2 Å². The van der Waals surface area contributed by atoms with Gasteiger partial charge < -0.3 is 4.74 Å². The van der Waals surface area contributed by atoms with Crippen LogP contribution in [0, 0.1) is 5.92 Å². The normalized spacial score (nSPS) is 14.6. The van der Waals surface area contributed by atoms with Gasteiger partial charge in [-0.1, -0.05) is 26.3 Å². The van der Waals surface area contributed by atoms with Crippen LogP contribution in [0.2, 0.25) is 0 Å². The predicted octanol–water partition coefficient (Wildman–Crippen LogP) is 3.01. The Morgan fingerprint density at radius 2 is 2.19 bits per heavy atom. The summed E-state index contributed by atoms with van der Waals surface area (Å²) < 4.78 is 6.16. The van der Waals surface area contributed by atoms with Gasteiger partial charge in [0.2, 0.25) is 0 Å². The van der Waals surface area contributed by atoms with E-state index in [1.165, 1.54) is 5.56 Å². The average Bonchev–Trinajstić information content (AvgIpc) is 2.30. The van der Waals surface area contributed by atoms with Crippen molar-refractivity contribution >= 4 is 15.9 Å². The van der Waals surface area contributed by atoms with Gasteiger partial charge in [0.15, 0.2) is 0 Å². The minimum atomic E-state index is 0.173. The number of halogens is 1. The Morgan fingerprint density at radius 3 is 2.62 bits per heavy atom. The van der Waals surface area contributed by atoms with E-state index < -0.39 is 0 Å². The first-order chi connectivity index (χ1) is 7.63. The fraction of sp³-hybridized carbons (Fsp3) is 0.500. The van der Waals surface area contributed by atoms with Crippen molar-refractivity contribution < 1.29 is 4.74 Å². The molecule has 0 fully saturated rings. The van der Waals surface area contributed by atoms with Gasteiger partial charge >= 0.3 is 0 Å². The molecular formula is C12H19BrN2O. The SMILES string of the molecule is CCC(C)C(NN)c1ccc(OC)c(Br)c1. The smallest absolute Gasteiger partial charge is 0.133 e. The van der Waals surface area contributed by atoms with Crippen LogP contribution in [-0.2, 0) is 0 Å². The molecule has 0 aliphatic heterocycles. The third-order valence-corrected chi connectivity index (χ3v) is 3.55. The van der Waals surface area contributed by atoms with E-state index in [1.807, 2.05) is 12.1 Å². The maximum atomic E-state index is 5.61. The van der Waals surface area contributed by atoms with Crippen molar-refractivity contribution in [3.63, 3.8) is 0 Å². The van der Waals surface area contributed by atoms with Crippen LogP contribution in [0.5, 0.6) is 5.75 Å². The van der Waals surface area contributed by atoms with Gasteiger partial charge in [0, 0.05) is 6.04 Å². The molecule has 0 aliphatic rings. The van der Waals surface area contributed by atoms with Crippen molar-refractivity contribution in [2.45, 2.75) is 26.3 Å². The maximum absolute atomic E-state index is 5.61. The predicted molar refractivity (Wildman–Crippen MR) is 70.2 cm³/mol. The van der Waals surface area contributed by atoms with Gasteiger partial charge in [-0.25, -0.2) is 0 Å². The van der Waals surface area contributed by atoms with Gasteiger partial charge in [-0.15, -0.1) is 0 Å². The van der Waals surface area contributed by atoms with Gasteiger partial charge in [-0.3, -0.25) is 11.3 Å². The number of hydrazine groups is 1. The van der Waals surface area contributed by atoms with E-state index in [-0.39, 0.29) is 6.04 Å². The molecule has 0 saturated carbocycles. The lowest BCUT2D eigenvalue weighted by Gasteiger charge is -2.23. The third-order valence-electron chi connectivity index (χ3n) is 2.93. The van der Waals surface area contributed by atoms with Crippen LogP contribution in [0.4, 0.5) is 0 Å². The Balaban J connectivity index is 2.98. The molecule has 0 spiro atoms. The quantitative estimate of drug-likeness (QED) is 0.646. The summed E-state index contributed by atoms with van der Waals surface area (Å²) in [7, 11) is 1.66. The van der Waals surface area contributed by atoms with E-state index in [0.29, 0.717) is 5.92 Å². The summed E-state index contributed by atoms with van der Waals surface area (Å²) in [4.78, 5) is 0. The summed E-state index contributed by atoms with van der Waals surface area (Å²) >= 11 is 3.48. The molecule has 1 aromatic carbocycles. The van der Waals surface area contributed by atoms with Gasteiger partial charge in [0.1, 0.15) is 5.75 Å². The molecule has 16 heavy (non-hydrogen) atoms.